The van der Waals surface area contributed by atoms with Crippen molar-refractivity contribution in [3.05, 3.63) is 41.6 Å². The maximum absolute atomic E-state index is 13.6. The molecule has 1 fully saturated rings. The van der Waals surface area contributed by atoms with Crippen molar-refractivity contribution in [1.29, 1.82) is 0 Å². The van der Waals surface area contributed by atoms with E-state index in [-0.39, 0.29) is 13.0 Å². The highest BCUT2D eigenvalue weighted by Crippen LogP contribution is 2.28. The number of nitrogens with zero attached hydrogens (tertiary/aromatic N) is 2. The fraction of sp³-hybridized carbons (Fsp3) is 0.429. The highest BCUT2D eigenvalue weighted by atomic mass is 32.2. The van der Waals surface area contributed by atoms with Crippen LogP contribution in [0.15, 0.2) is 22.6 Å². The predicted molar refractivity (Wildman–Crippen MR) is 81.7 cm³/mol. The molecular weight excluding hydrogens is 342 g/mol. The maximum atomic E-state index is 13.6. The minimum Gasteiger partial charge on any atom is -0.424 e. The minimum atomic E-state index is -3.90. The van der Waals surface area contributed by atoms with Gasteiger partial charge in [0, 0.05) is 19.0 Å². The summed E-state index contributed by atoms with van der Waals surface area (Å²) in [5.74, 6) is -0.777. The summed E-state index contributed by atoms with van der Waals surface area (Å²) in [6, 6.07) is 2.20. The van der Waals surface area contributed by atoms with E-state index < -0.39 is 38.6 Å². The lowest BCUT2D eigenvalue weighted by atomic mass is 10.2. The average molecular weight is 358 g/mol. The smallest absolute Gasteiger partial charge is 0.237 e. The molecule has 2 unspecified atom stereocenters. The summed E-state index contributed by atoms with van der Waals surface area (Å²) in [6.45, 7) is 2.00. The van der Waals surface area contributed by atoms with E-state index >= 15 is 0 Å². The summed E-state index contributed by atoms with van der Waals surface area (Å²) < 4.78 is 59.1. The lowest BCUT2D eigenvalue weighted by molar-refractivity contribution is 0.405. The van der Waals surface area contributed by atoms with Gasteiger partial charge in [-0.05, 0) is 18.6 Å². The van der Waals surface area contributed by atoms with Gasteiger partial charge in [0.1, 0.15) is 11.6 Å². The van der Waals surface area contributed by atoms with E-state index in [9.17, 15) is 17.2 Å². The van der Waals surface area contributed by atoms with Gasteiger partial charge in [0.25, 0.3) is 0 Å². The van der Waals surface area contributed by atoms with E-state index in [1.54, 1.807) is 0 Å². The summed E-state index contributed by atoms with van der Waals surface area (Å²) >= 11 is 0. The molecule has 24 heavy (non-hydrogen) atoms. The number of halogens is 2. The lowest BCUT2D eigenvalue weighted by Crippen LogP contribution is -2.30. The van der Waals surface area contributed by atoms with Crippen molar-refractivity contribution in [1.82, 2.24) is 15.5 Å². The van der Waals surface area contributed by atoms with Gasteiger partial charge in [-0.25, -0.2) is 17.2 Å². The molecule has 1 saturated heterocycles. The Morgan fingerprint density at radius 3 is 2.88 bits per heavy atom. The first-order valence-corrected chi connectivity index (χ1v) is 8.96. The zero-order valence-corrected chi connectivity index (χ0v) is 13.6. The van der Waals surface area contributed by atoms with Crippen molar-refractivity contribution in [3.8, 4) is 0 Å². The van der Waals surface area contributed by atoms with Gasteiger partial charge in [0.2, 0.25) is 21.8 Å². The summed E-state index contributed by atoms with van der Waals surface area (Å²) in [7, 11) is -3.90. The second-order valence-corrected chi connectivity index (χ2v) is 7.44. The molecule has 130 valence electrons. The van der Waals surface area contributed by atoms with Crippen LogP contribution in [-0.4, -0.2) is 30.4 Å². The van der Waals surface area contributed by atoms with Crippen LogP contribution in [0.4, 0.5) is 14.5 Å². The highest BCUT2D eigenvalue weighted by Gasteiger charge is 2.37. The van der Waals surface area contributed by atoms with E-state index in [1.165, 1.54) is 0 Å². The van der Waals surface area contributed by atoms with Crippen LogP contribution in [-0.2, 0) is 16.4 Å². The quantitative estimate of drug-likeness (QED) is 0.845. The molecule has 2 heterocycles. The average Bonchev–Trinajstić information content (AvgIpc) is 3.19. The van der Waals surface area contributed by atoms with E-state index in [2.05, 4.69) is 20.2 Å². The molecule has 0 saturated carbocycles. The van der Waals surface area contributed by atoms with Gasteiger partial charge in [-0.3, -0.25) is 4.72 Å². The molecule has 1 aromatic carbocycles. The fourth-order valence-corrected chi connectivity index (χ4v) is 3.88. The summed E-state index contributed by atoms with van der Waals surface area (Å²) in [5.41, 5.74) is -0.412. The molecule has 2 atom stereocenters. The van der Waals surface area contributed by atoms with Gasteiger partial charge in [-0.15, -0.1) is 10.2 Å². The fourth-order valence-electron chi connectivity index (χ4n) is 2.49. The normalized spacial score (nSPS) is 21.1. The van der Waals surface area contributed by atoms with Gasteiger partial charge >= 0.3 is 0 Å². The number of aryl methyl sites for hydroxylation is 1. The number of nitrogens with one attached hydrogen (secondary N) is 2. The topological polar surface area (TPSA) is 97.1 Å². The van der Waals surface area contributed by atoms with Crippen molar-refractivity contribution >= 4 is 15.7 Å². The third-order valence-corrected chi connectivity index (χ3v) is 5.53. The first kappa shape index (κ1) is 16.8. The first-order chi connectivity index (χ1) is 11.4. The Bertz CT molecular complexity index is 840. The van der Waals surface area contributed by atoms with Crippen LogP contribution in [0.3, 0.4) is 0 Å². The second-order valence-electron chi connectivity index (χ2n) is 5.48. The van der Waals surface area contributed by atoms with Crippen LogP contribution < -0.4 is 10.0 Å². The van der Waals surface area contributed by atoms with E-state index in [0.717, 1.165) is 18.2 Å². The molecule has 0 aliphatic carbocycles. The molecule has 2 N–H and O–H groups in total. The monoisotopic (exact) mass is 358 g/mol. The van der Waals surface area contributed by atoms with Crippen LogP contribution in [0, 0.1) is 11.6 Å². The number of rotatable bonds is 5. The molecule has 1 aliphatic rings. The Morgan fingerprint density at radius 1 is 1.38 bits per heavy atom. The zero-order valence-electron chi connectivity index (χ0n) is 12.8. The van der Waals surface area contributed by atoms with Crippen molar-refractivity contribution in [2.75, 3.05) is 11.3 Å². The minimum absolute atomic E-state index is 0.140. The number of hydrogen-bond acceptors (Lipinski definition) is 6. The lowest BCUT2D eigenvalue weighted by Gasteiger charge is -2.13. The van der Waals surface area contributed by atoms with Crippen molar-refractivity contribution < 1.29 is 21.6 Å². The molecule has 0 bridgehead atoms. The number of anilines is 1. The SMILES string of the molecule is CCc1nnc(C2CC(S(=O)(=O)Nc3cc(F)ccc3F)CN2)o1. The van der Waals surface area contributed by atoms with E-state index in [1.807, 2.05) is 6.92 Å². The number of sulfonamides is 1. The van der Waals surface area contributed by atoms with Crippen LogP contribution >= 0.6 is 0 Å². The van der Waals surface area contributed by atoms with Crippen molar-refractivity contribution in [2.45, 2.75) is 31.1 Å². The van der Waals surface area contributed by atoms with Crippen molar-refractivity contribution in [2.24, 2.45) is 0 Å². The summed E-state index contributed by atoms with van der Waals surface area (Å²) in [4.78, 5) is 0. The maximum Gasteiger partial charge on any atom is 0.237 e. The zero-order chi connectivity index (χ0) is 17.3. The van der Waals surface area contributed by atoms with Crippen LogP contribution in [0.1, 0.15) is 31.2 Å². The predicted octanol–water partition coefficient (Wildman–Crippen LogP) is 1.76. The Morgan fingerprint density at radius 2 is 2.17 bits per heavy atom. The molecular formula is C14H16F2N4O3S. The third-order valence-electron chi connectivity index (χ3n) is 3.79. The van der Waals surface area contributed by atoms with Crippen LogP contribution in [0.5, 0.6) is 0 Å². The van der Waals surface area contributed by atoms with Gasteiger partial charge in [0.05, 0.1) is 17.0 Å². The largest absolute Gasteiger partial charge is 0.424 e. The molecule has 0 radical (unpaired) electrons. The molecule has 0 spiro atoms. The van der Waals surface area contributed by atoms with Gasteiger partial charge in [0.15, 0.2) is 0 Å². The van der Waals surface area contributed by atoms with Gasteiger partial charge < -0.3 is 9.73 Å². The second kappa shape index (κ2) is 6.44. The molecule has 7 nitrogen and oxygen atoms in total. The molecule has 0 amide bonds. The van der Waals surface area contributed by atoms with Crippen LogP contribution in [0.2, 0.25) is 0 Å². The van der Waals surface area contributed by atoms with Gasteiger partial charge in [-0.2, -0.15) is 0 Å². The Balaban J connectivity index is 1.73. The molecule has 1 aliphatic heterocycles. The van der Waals surface area contributed by atoms with Gasteiger partial charge in [-0.1, -0.05) is 6.92 Å². The van der Waals surface area contributed by atoms with Crippen molar-refractivity contribution in [3.63, 3.8) is 0 Å². The number of hydrogen-bond donors (Lipinski definition) is 2. The summed E-state index contributed by atoms with van der Waals surface area (Å²) in [6.07, 6.45) is 0.777. The Labute approximate surface area is 137 Å². The number of benzene rings is 1. The molecule has 10 heteroatoms. The third kappa shape index (κ3) is 3.39. The van der Waals surface area contributed by atoms with E-state index in [4.69, 9.17) is 4.42 Å². The van der Waals surface area contributed by atoms with E-state index in [0.29, 0.717) is 18.2 Å². The molecule has 3 rings (SSSR count). The van der Waals surface area contributed by atoms with Crippen LogP contribution in [0.25, 0.3) is 0 Å². The first-order valence-electron chi connectivity index (χ1n) is 7.41. The number of aromatic nitrogens is 2. The Hall–Kier alpha value is -2.07. The molecule has 1 aromatic heterocycles. The highest BCUT2D eigenvalue weighted by molar-refractivity contribution is 7.93. The standard InChI is InChI=1S/C14H16F2N4O3S/c1-2-13-18-19-14(23-13)12-6-9(7-17-12)24(21,22)20-11-5-8(15)3-4-10(11)16/h3-5,9,12,17,20H,2,6-7H2,1H3. The summed E-state index contributed by atoms with van der Waals surface area (Å²) in [5, 5.41) is 9.90. The molecule has 2 aromatic rings. The Kier molecular flexibility index (Phi) is 4.50.